The quantitative estimate of drug-likeness (QED) is 0.340. The van der Waals surface area contributed by atoms with Gasteiger partial charge in [-0.15, -0.1) is 0 Å². The van der Waals surface area contributed by atoms with Gasteiger partial charge >= 0.3 is 0 Å². The molecule has 1 amide bonds. The summed E-state index contributed by atoms with van der Waals surface area (Å²) in [6.07, 6.45) is 0. The van der Waals surface area contributed by atoms with Gasteiger partial charge in [-0.1, -0.05) is 56.3 Å². The van der Waals surface area contributed by atoms with Gasteiger partial charge in [-0.2, -0.15) is 0 Å². The van der Waals surface area contributed by atoms with Crippen LogP contribution in [0, 0.1) is 0 Å². The van der Waals surface area contributed by atoms with Crippen molar-refractivity contribution in [2.24, 2.45) is 10.9 Å². The molecule has 0 fully saturated rings. The van der Waals surface area contributed by atoms with E-state index in [2.05, 4.69) is 35.0 Å². The fraction of sp³-hybridized carbons (Fsp3) is 0.304. The molecule has 0 aliphatic heterocycles. The molecule has 0 spiro atoms. The minimum atomic E-state index is -0.280. The Morgan fingerprint density at radius 3 is 2.43 bits per heavy atom. The molecule has 0 radical (unpaired) electrons. The lowest BCUT2D eigenvalue weighted by molar-refractivity contribution is 0.0844. The first kappa shape index (κ1) is 21.4. The number of oxime groups is 1. The molecule has 2 aromatic carbocycles. The van der Waals surface area contributed by atoms with Gasteiger partial charge in [0.1, 0.15) is 12.3 Å². The van der Waals surface area contributed by atoms with E-state index in [4.69, 9.17) is 10.6 Å². The van der Waals surface area contributed by atoms with Crippen LogP contribution in [0.5, 0.6) is 0 Å². The van der Waals surface area contributed by atoms with E-state index in [1.165, 1.54) is 10.5 Å². The molecule has 0 saturated heterocycles. The minimum absolute atomic E-state index is 0.000111. The van der Waals surface area contributed by atoms with E-state index in [0.717, 1.165) is 36.1 Å². The maximum Gasteiger partial charge on any atom is 0.276 e. The molecular formula is C23H29N5O2. The molecule has 3 aromatic rings. The number of fused-ring (bicyclic) bond motifs is 1. The highest BCUT2D eigenvalue weighted by atomic mass is 16.6. The number of carbonyl (C=O) groups is 1. The molecule has 158 valence electrons. The van der Waals surface area contributed by atoms with Crippen molar-refractivity contribution >= 4 is 22.8 Å². The number of nitrogens with two attached hydrogens (primary N) is 1. The van der Waals surface area contributed by atoms with E-state index in [0.29, 0.717) is 5.69 Å². The lowest BCUT2D eigenvalue weighted by Crippen LogP contribution is -2.39. The highest BCUT2D eigenvalue weighted by Crippen LogP contribution is 2.16. The zero-order valence-electron chi connectivity index (χ0n) is 17.8. The first-order chi connectivity index (χ1) is 14.5. The SMILES string of the molecule is CCN(CC)Cc1ccccc1CON=C(N)N(C)C(=O)c1cc2ccccc2[nH]1. The highest BCUT2D eigenvalue weighted by Gasteiger charge is 2.17. The number of aromatic amines is 1. The molecular weight excluding hydrogens is 378 g/mol. The molecule has 0 bridgehead atoms. The van der Waals surface area contributed by atoms with Crippen molar-refractivity contribution in [1.29, 1.82) is 0 Å². The number of guanidine groups is 1. The Morgan fingerprint density at radius 2 is 1.73 bits per heavy atom. The smallest absolute Gasteiger partial charge is 0.276 e. The fourth-order valence-corrected chi connectivity index (χ4v) is 3.24. The summed E-state index contributed by atoms with van der Waals surface area (Å²) in [6, 6.07) is 17.6. The summed E-state index contributed by atoms with van der Waals surface area (Å²) < 4.78 is 0. The molecule has 30 heavy (non-hydrogen) atoms. The second-order valence-electron chi connectivity index (χ2n) is 7.09. The van der Waals surface area contributed by atoms with E-state index in [1.54, 1.807) is 13.1 Å². The third kappa shape index (κ3) is 4.99. The van der Waals surface area contributed by atoms with Crippen molar-refractivity contribution in [1.82, 2.24) is 14.8 Å². The van der Waals surface area contributed by atoms with Crippen LogP contribution < -0.4 is 5.73 Å². The van der Waals surface area contributed by atoms with Gasteiger partial charge < -0.3 is 15.6 Å². The van der Waals surface area contributed by atoms with Crippen LogP contribution in [-0.4, -0.2) is 46.8 Å². The van der Waals surface area contributed by atoms with Crippen molar-refractivity contribution in [3.63, 3.8) is 0 Å². The van der Waals surface area contributed by atoms with Gasteiger partial charge in [0, 0.05) is 24.5 Å². The van der Waals surface area contributed by atoms with E-state index < -0.39 is 0 Å². The van der Waals surface area contributed by atoms with Crippen LogP contribution in [0.25, 0.3) is 10.9 Å². The molecule has 0 aliphatic rings. The molecule has 7 heteroatoms. The molecule has 1 aromatic heterocycles. The normalized spacial score (nSPS) is 11.8. The lowest BCUT2D eigenvalue weighted by Gasteiger charge is -2.20. The van der Waals surface area contributed by atoms with Crippen LogP contribution in [0.15, 0.2) is 59.8 Å². The van der Waals surface area contributed by atoms with E-state index in [-0.39, 0.29) is 18.5 Å². The molecule has 0 aliphatic carbocycles. The second-order valence-corrected chi connectivity index (χ2v) is 7.09. The Labute approximate surface area is 177 Å². The number of H-pyrrole nitrogens is 1. The maximum absolute atomic E-state index is 12.7. The number of hydrogen-bond donors (Lipinski definition) is 2. The summed E-state index contributed by atoms with van der Waals surface area (Å²) in [4.78, 5) is 24.9. The van der Waals surface area contributed by atoms with Gasteiger partial charge in [-0.25, -0.2) is 0 Å². The van der Waals surface area contributed by atoms with Crippen LogP contribution in [0.3, 0.4) is 0 Å². The van der Waals surface area contributed by atoms with E-state index in [1.807, 2.05) is 42.5 Å². The van der Waals surface area contributed by atoms with Crippen molar-refractivity contribution in [3.8, 4) is 0 Å². The van der Waals surface area contributed by atoms with Gasteiger partial charge in [0.2, 0.25) is 5.96 Å². The van der Waals surface area contributed by atoms with Gasteiger partial charge in [-0.3, -0.25) is 14.6 Å². The summed E-state index contributed by atoms with van der Waals surface area (Å²) in [5, 5.41) is 4.92. The van der Waals surface area contributed by atoms with Crippen LogP contribution in [0.4, 0.5) is 0 Å². The number of para-hydroxylation sites is 1. The number of benzene rings is 2. The second kappa shape index (κ2) is 9.93. The van der Waals surface area contributed by atoms with Crippen LogP contribution in [-0.2, 0) is 18.0 Å². The number of aromatic nitrogens is 1. The molecule has 3 rings (SSSR count). The Kier molecular flexibility index (Phi) is 7.08. The van der Waals surface area contributed by atoms with Crippen LogP contribution in [0.1, 0.15) is 35.5 Å². The summed E-state index contributed by atoms with van der Waals surface area (Å²) in [5.74, 6) is -0.280. The van der Waals surface area contributed by atoms with Crippen LogP contribution >= 0.6 is 0 Å². The van der Waals surface area contributed by atoms with Crippen molar-refractivity contribution in [3.05, 3.63) is 71.4 Å². The summed E-state index contributed by atoms with van der Waals surface area (Å²) >= 11 is 0. The Hall–Kier alpha value is -3.32. The Balaban J connectivity index is 1.64. The average Bonchev–Trinajstić information content (AvgIpc) is 3.21. The number of rotatable bonds is 8. The largest absolute Gasteiger partial charge is 0.388 e. The summed E-state index contributed by atoms with van der Waals surface area (Å²) in [5.41, 5.74) is 9.56. The number of nitrogens with zero attached hydrogens (tertiary/aromatic N) is 3. The molecule has 0 unspecified atom stereocenters. The molecule has 1 heterocycles. The lowest BCUT2D eigenvalue weighted by atomic mass is 10.1. The Morgan fingerprint density at radius 1 is 1.07 bits per heavy atom. The Bertz CT molecular complexity index is 990. The van der Waals surface area contributed by atoms with Crippen molar-refractivity contribution < 1.29 is 9.63 Å². The molecule has 7 nitrogen and oxygen atoms in total. The van der Waals surface area contributed by atoms with Crippen molar-refractivity contribution in [2.75, 3.05) is 20.1 Å². The number of amides is 1. The maximum atomic E-state index is 12.7. The number of carbonyl (C=O) groups excluding carboxylic acids is 1. The average molecular weight is 408 g/mol. The predicted octanol–water partition coefficient (Wildman–Crippen LogP) is 3.53. The predicted molar refractivity (Wildman–Crippen MR) is 120 cm³/mol. The standard InChI is InChI=1S/C23H29N5O2/c1-4-28(5-2)15-18-11-6-7-12-19(18)16-30-26-23(24)27(3)22(29)21-14-17-10-8-9-13-20(17)25-21/h6-14,25H,4-5,15-16H2,1-3H3,(H2,24,26). The fourth-order valence-electron chi connectivity index (χ4n) is 3.24. The third-order valence-corrected chi connectivity index (χ3v) is 5.19. The van der Waals surface area contributed by atoms with E-state index >= 15 is 0 Å². The van der Waals surface area contributed by atoms with Crippen LogP contribution in [0.2, 0.25) is 0 Å². The number of hydrogen-bond acceptors (Lipinski definition) is 4. The third-order valence-electron chi connectivity index (χ3n) is 5.19. The minimum Gasteiger partial charge on any atom is -0.388 e. The van der Waals surface area contributed by atoms with Gasteiger partial charge in [0.15, 0.2) is 0 Å². The first-order valence-electron chi connectivity index (χ1n) is 10.1. The van der Waals surface area contributed by atoms with Gasteiger partial charge in [0.25, 0.3) is 5.91 Å². The number of nitrogens with one attached hydrogen (secondary N) is 1. The zero-order valence-corrected chi connectivity index (χ0v) is 17.8. The topological polar surface area (TPSA) is 86.9 Å². The first-order valence-corrected chi connectivity index (χ1v) is 10.1. The van der Waals surface area contributed by atoms with Gasteiger partial charge in [0.05, 0.1) is 0 Å². The monoisotopic (exact) mass is 407 g/mol. The summed E-state index contributed by atoms with van der Waals surface area (Å²) in [7, 11) is 1.57. The van der Waals surface area contributed by atoms with Crippen molar-refractivity contribution in [2.45, 2.75) is 27.0 Å². The van der Waals surface area contributed by atoms with E-state index in [9.17, 15) is 4.79 Å². The molecule has 0 atom stereocenters. The molecule has 0 saturated carbocycles. The van der Waals surface area contributed by atoms with Gasteiger partial charge in [-0.05, 0) is 41.5 Å². The molecule has 3 N–H and O–H groups in total. The summed E-state index contributed by atoms with van der Waals surface area (Å²) in [6.45, 7) is 7.40. The highest BCUT2D eigenvalue weighted by molar-refractivity contribution is 6.06. The zero-order chi connectivity index (χ0) is 21.5.